The molecule has 4 aliphatic carbocycles. The van der Waals surface area contributed by atoms with E-state index >= 15 is 0 Å². The third kappa shape index (κ3) is 3.16. The lowest BCUT2D eigenvalue weighted by Gasteiger charge is -2.60. The highest BCUT2D eigenvalue weighted by atomic mass is 16.6. The van der Waals surface area contributed by atoms with Gasteiger partial charge in [0.1, 0.15) is 6.61 Å². The summed E-state index contributed by atoms with van der Waals surface area (Å²) in [6.45, 7) is 5.39. The molecule has 2 N–H and O–H groups in total. The van der Waals surface area contributed by atoms with Crippen LogP contribution in [0, 0.1) is 28.6 Å². The second-order valence-electron chi connectivity index (χ2n) is 10.7. The molecule has 6 nitrogen and oxygen atoms in total. The van der Waals surface area contributed by atoms with Gasteiger partial charge in [-0.05, 0) is 74.2 Å². The van der Waals surface area contributed by atoms with Crippen molar-refractivity contribution in [3.05, 3.63) is 11.6 Å². The van der Waals surface area contributed by atoms with Crippen LogP contribution in [-0.2, 0) is 19.1 Å². The molecule has 0 bridgehead atoms. The van der Waals surface area contributed by atoms with E-state index in [4.69, 9.17) is 4.74 Å². The van der Waals surface area contributed by atoms with E-state index in [-0.39, 0.29) is 35.4 Å². The summed E-state index contributed by atoms with van der Waals surface area (Å²) in [5.41, 5.74) is -1.12. The van der Waals surface area contributed by atoms with Crippen LogP contribution in [0.2, 0.25) is 0 Å². The molecule has 172 valence electrons. The standard InChI is InChI=1S/C25H36O6/c1-4-5-21(30)31-25(20(29)14-26)11-9-18-17-7-6-15-12-16(27)8-10-23(15,2)22(17)19(28)13-24(18,25)3/h12,17-19,22,26,28H,4-11,13-14H2,1-3H3/t17-,18?,19?,22?,23-,24+,25-/m0/s1. The van der Waals surface area contributed by atoms with Crippen LogP contribution in [0.1, 0.15) is 78.6 Å². The Hall–Kier alpha value is -1.53. The lowest BCUT2D eigenvalue weighted by atomic mass is 9.45. The molecular weight excluding hydrogens is 396 g/mol. The second-order valence-corrected chi connectivity index (χ2v) is 10.7. The first-order valence-electron chi connectivity index (χ1n) is 11.9. The van der Waals surface area contributed by atoms with Crippen LogP contribution < -0.4 is 0 Å². The number of hydrogen-bond acceptors (Lipinski definition) is 6. The third-order valence-electron chi connectivity index (χ3n) is 9.35. The van der Waals surface area contributed by atoms with E-state index in [1.807, 2.05) is 13.8 Å². The maximum Gasteiger partial charge on any atom is 0.306 e. The molecule has 3 unspecified atom stereocenters. The van der Waals surface area contributed by atoms with Crippen LogP contribution in [0.25, 0.3) is 0 Å². The number of hydrogen-bond donors (Lipinski definition) is 2. The van der Waals surface area contributed by atoms with Gasteiger partial charge in [0, 0.05) is 18.3 Å². The fourth-order valence-corrected chi connectivity index (χ4v) is 7.94. The van der Waals surface area contributed by atoms with Crippen molar-refractivity contribution < 1.29 is 29.3 Å². The average molecular weight is 433 g/mol. The topological polar surface area (TPSA) is 101 Å². The molecule has 0 saturated heterocycles. The molecule has 31 heavy (non-hydrogen) atoms. The maximum absolute atomic E-state index is 13.1. The summed E-state index contributed by atoms with van der Waals surface area (Å²) in [5, 5.41) is 21.3. The molecule has 4 aliphatic rings. The van der Waals surface area contributed by atoms with E-state index in [1.165, 1.54) is 0 Å². The van der Waals surface area contributed by atoms with Gasteiger partial charge in [-0.15, -0.1) is 0 Å². The molecule has 0 radical (unpaired) electrons. The van der Waals surface area contributed by atoms with Crippen molar-refractivity contribution in [1.29, 1.82) is 0 Å². The zero-order valence-electron chi connectivity index (χ0n) is 19.0. The number of allylic oxidation sites excluding steroid dienone is 1. The Bertz CT molecular complexity index is 817. The summed E-state index contributed by atoms with van der Waals surface area (Å²) in [4.78, 5) is 37.6. The van der Waals surface area contributed by atoms with Crippen molar-refractivity contribution in [2.45, 2.75) is 90.3 Å². The number of ketones is 2. The predicted octanol–water partition coefficient (Wildman–Crippen LogP) is 3.13. The molecule has 0 heterocycles. The van der Waals surface area contributed by atoms with Gasteiger partial charge in [-0.1, -0.05) is 26.3 Å². The van der Waals surface area contributed by atoms with E-state index in [0.29, 0.717) is 25.7 Å². The third-order valence-corrected chi connectivity index (χ3v) is 9.35. The number of carbonyl (C=O) groups is 3. The number of aliphatic hydroxyl groups is 2. The van der Waals surface area contributed by atoms with E-state index in [9.17, 15) is 24.6 Å². The van der Waals surface area contributed by atoms with E-state index in [2.05, 4.69) is 6.92 Å². The van der Waals surface area contributed by atoms with E-state index in [1.54, 1.807) is 6.08 Å². The van der Waals surface area contributed by atoms with Crippen LogP contribution in [0.15, 0.2) is 11.6 Å². The number of aliphatic hydroxyl groups excluding tert-OH is 2. The van der Waals surface area contributed by atoms with Crippen molar-refractivity contribution in [3.63, 3.8) is 0 Å². The first-order valence-corrected chi connectivity index (χ1v) is 11.9. The fraction of sp³-hybridized carbons (Fsp3) is 0.800. The zero-order valence-corrected chi connectivity index (χ0v) is 19.0. The van der Waals surface area contributed by atoms with Gasteiger partial charge in [-0.2, -0.15) is 0 Å². The fourth-order valence-electron chi connectivity index (χ4n) is 7.94. The van der Waals surface area contributed by atoms with E-state index in [0.717, 1.165) is 31.3 Å². The summed E-state index contributed by atoms with van der Waals surface area (Å²) < 4.78 is 5.92. The first kappa shape index (κ1) is 22.7. The zero-order chi connectivity index (χ0) is 22.6. The van der Waals surface area contributed by atoms with Crippen molar-refractivity contribution in [2.75, 3.05) is 6.61 Å². The molecule has 0 aromatic rings. The quantitative estimate of drug-likeness (QED) is 0.648. The minimum Gasteiger partial charge on any atom is -0.450 e. The highest BCUT2D eigenvalue weighted by Gasteiger charge is 2.70. The van der Waals surface area contributed by atoms with Crippen LogP contribution in [0.4, 0.5) is 0 Å². The smallest absolute Gasteiger partial charge is 0.306 e. The highest BCUT2D eigenvalue weighted by Crippen LogP contribution is 2.68. The maximum atomic E-state index is 13.1. The summed E-state index contributed by atoms with van der Waals surface area (Å²) in [6, 6.07) is 0. The van der Waals surface area contributed by atoms with Crippen LogP contribution in [0.5, 0.6) is 0 Å². The van der Waals surface area contributed by atoms with Crippen LogP contribution >= 0.6 is 0 Å². The predicted molar refractivity (Wildman–Crippen MR) is 114 cm³/mol. The lowest BCUT2D eigenvalue weighted by Crippen LogP contribution is -2.63. The number of Topliss-reactive ketones (excluding diaryl/α,β-unsaturated/α-hetero) is 1. The summed E-state index contributed by atoms with van der Waals surface area (Å²) in [7, 11) is 0. The molecular formula is C25H36O6. The Balaban J connectivity index is 1.73. The van der Waals surface area contributed by atoms with Gasteiger partial charge in [-0.3, -0.25) is 14.4 Å². The lowest BCUT2D eigenvalue weighted by molar-refractivity contribution is -0.202. The van der Waals surface area contributed by atoms with Crippen molar-refractivity contribution in [3.8, 4) is 0 Å². The van der Waals surface area contributed by atoms with Crippen molar-refractivity contribution >= 4 is 17.5 Å². The van der Waals surface area contributed by atoms with Gasteiger partial charge < -0.3 is 14.9 Å². The van der Waals surface area contributed by atoms with E-state index < -0.39 is 35.5 Å². The SMILES string of the molecule is CCCC(=O)O[C@]1(C(=O)CO)CCC2[C@@H]3CCC4=CC(=O)CC[C@]4(C)C3C(O)C[C@]21C. The molecule has 0 aromatic heterocycles. The second kappa shape index (κ2) is 7.80. The number of rotatable bonds is 5. The largest absolute Gasteiger partial charge is 0.450 e. The molecule has 6 heteroatoms. The molecule has 0 spiro atoms. The first-order chi connectivity index (χ1) is 14.6. The molecule has 4 rings (SSSR count). The van der Waals surface area contributed by atoms with Gasteiger partial charge in [0.15, 0.2) is 11.4 Å². The molecule has 3 fully saturated rings. The average Bonchev–Trinajstić information content (AvgIpc) is 3.00. The van der Waals surface area contributed by atoms with Gasteiger partial charge in [-0.25, -0.2) is 0 Å². The van der Waals surface area contributed by atoms with Crippen molar-refractivity contribution in [2.24, 2.45) is 28.6 Å². The van der Waals surface area contributed by atoms with Crippen LogP contribution in [-0.4, -0.2) is 46.1 Å². The van der Waals surface area contributed by atoms with Crippen molar-refractivity contribution in [1.82, 2.24) is 0 Å². The van der Waals surface area contributed by atoms with Gasteiger partial charge in [0.2, 0.25) is 5.78 Å². The normalized spacial score (nSPS) is 44.0. The Morgan fingerprint density at radius 2 is 1.94 bits per heavy atom. The molecule has 7 atom stereocenters. The number of esters is 1. The summed E-state index contributed by atoms with van der Waals surface area (Å²) >= 11 is 0. The van der Waals surface area contributed by atoms with Crippen LogP contribution in [0.3, 0.4) is 0 Å². The molecule has 0 aliphatic heterocycles. The minimum absolute atomic E-state index is 0.0325. The summed E-state index contributed by atoms with van der Waals surface area (Å²) in [6.07, 6.45) is 6.48. The van der Waals surface area contributed by atoms with Gasteiger partial charge >= 0.3 is 5.97 Å². The Morgan fingerprint density at radius 1 is 1.19 bits per heavy atom. The number of fused-ring (bicyclic) bond motifs is 5. The number of ether oxygens (including phenoxy) is 1. The summed E-state index contributed by atoms with van der Waals surface area (Å²) in [5.74, 6) is -0.320. The Labute approximate surface area is 184 Å². The molecule has 3 saturated carbocycles. The minimum atomic E-state index is -1.37. The Kier molecular flexibility index (Phi) is 5.70. The molecule has 0 aromatic carbocycles. The monoisotopic (exact) mass is 432 g/mol. The van der Waals surface area contributed by atoms with Gasteiger partial charge in [0.25, 0.3) is 0 Å². The Morgan fingerprint density at radius 3 is 2.61 bits per heavy atom. The highest BCUT2D eigenvalue weighted by molar-refractivity contribution is 5.92. The molecule has 0 amide bonds. The van der Waals surface area contributed by atoms with Gasteiger partial charge in [0.05, 0.1) is 6.10 Å². The number of carbonyl (C=O) groups excluding carboxylic acids is 3.